The molecule has 16 heavy (non-hydrogen) atoms. The minimum Gasteiger partial charge on any atom is -0.311 e. The zero-order valence-electron chi connectivity index (χ0n) is 10.0. The van der Waals surface area contributed by atoms with Crippen LogP contribution in [-0.2, 0) is 10.2 Å². The summed E-state index contributed by atoms with van der Waals surface area (Å²) >= 11 is 0. The topological polar surface area (TPSA) is 52.7 Å². The first-order valence-corrected chi connectivity index (χ1v) is 7.36. The molecule has 1 saturated heterocycles. The third kappa shape index (κ3) is 2.11. The van der Waals surface area contributed by atoms with Crippen molar-refractivity contribution < 1.29 is 8.42 Å². The lowest BCUT2D eigenvalue weighted by molar-refractivity contribution is 0.156. The zero-order chi connectivity index (χ0) is 11.8. The van der Waals surface area contributed by atoms with E-state index >= 15 is 0 Å². The van der Waals surface area contributed by atoms with Crippen LogP contribution in [0.1, 0.15) is 25.7 Å². The summed E-state index contributed by atoms with van der Waals surface area (Å²) in [6.45, 7) is 1.37. The first kappa shape index (κ1) is 12.3. The summed E-state index contributed by atoms with van der Waals surface area (Å²) in [5.74, 6) is 0. The van der Waals surface area contributed by atoms with Gasteiger partial charge < -0.3 is 5.32 Å². The zero-order valence-corrected chi connectivity index (χ0v) is 10.8. The van der Waals surface area contributed by atoms with E-state index in [-0.39, 0.29) is 6.04 Å². The third-order valence-electron chi connectivity index (χ3n) is 3.60. The minimum absolute atomic E-state index is 0.162. The fourth-order valence-electron chi connectivity index (χ4n) is 2.72. The molecule has 5 nitrogen and oxygen atoms in total. The van der Waals surface area contributed by atoms with Crippen molar-refractivity contribution in [2.45, 2.75) is 37.8 Å². The van der Waals surface area contributed by atoms with Crippen molar-refractivity contribution >= 4 is 10.2 Å². The quantitative estimate of drug-likeness (QED) is 0.748. The predicted molar refractivity (Wildman–Crippen MR) is 63.4 cm³/mol. The lowest BCUT2D eigenvalue weighted by Crippen LogP contribution is -2.62. The van der Waals surface area contributed by atoms with Crippen LogP contribution in [0.4, 0.5) is 0 Å². The lowest BCUT2D eigenvalue weighted by Gasteiger charge is -2.44. The van der Waals surface area contributed by atoms with Crippen LogP contribution < -0.4 is 5.32 Å². The van der Waals surface area contributed by atoms with Crippen molar-refractivity contribution in [2.24, 2.45) is 0 Å². The molecule has 0 spiro atoms. The van der Waals surface area contributed by atoms with Gasteiger partial charge in [0.15, 0.2) is 0 Å². The Labute approximate surface area is 98.0 Å². The van der Waals surface area contributed by atoms with Crippen LogP contribution in [0, 0.1) is 0 Å². The summed E-state index contributed by atoms with van der Waals surface area (Å²) in [4.78, 5) is 0. The molecule has 0 bridgehead atoms. The molecule has 0 aromatic carbocycles. The number of fused-ring (bicyclic) bond motifs is 1. The SMILES string of the molecule is CN(C)S(=O)(=O)N1CCNC2CCCCC21. The molecule has 0 amide bonds. The third-order valence-corrected chi connectivity index (χ3v) is 5.56. The molecule has 1 aliphatic carbocycles. The normalized spacial score (nSPS) is 32.7. The van der Waals surface area contributed by atoms with E-state index in [1.54, 1.807) is 18.4 Å². The predicted octanol–water partition coefficient (Wildman–Crippen LogP) is 0.00920. The fourth-order valence-corrected chi connectivity index (χ4v) is 4.05. The number of nitrogens with one attached hydrogen (secondary N) is 1. The molecule has 2 aliphatic rings. The van der Waals surface area contributed by atoms with E-state index in [9.17, 15) is 8.42 Å². The van der Waals surface area contributed by atoms with Gasteiger partial charge in [-0.2, -0.15) is 17.0 Å². The molecule has 1 N–H and O–H groups in total. The van der Waals surface area contributed by atoms with Crippen molar-refractivity contribution in [3.63, 3.8) is 0 Å². The largest absolute Gasteiger partial charge is 0.311 e. The Morgan fingerprint density at radius 1 is 1.25 bits per heavy atom. The van der Waals surface area contributed by atoms with E-state index in [1.807, 2.05) is 0 Å². The van der Waals surface area contributed by atoms with Gasteiger partial charge >= 0.3 is 0 Å². The van der Waals surface area contributed by atoms with Gasteiger partial charge in [-0.1, -0.05) is 12.8 Å². The van der Waals surface area contributed by atoms with Gasteiger partial charge in [0.25, 0.3) is 10.2 Å². The van der Waals surface area contributed by atoms with Crippen molar-refractivity contribution in [3.8, 4) is 0 Å². The molecule has 0 aromatic heterocycles. The van der Waals surface area contributed by atoms with Crippen molar-refractivity contribution in [1.82, 2.24) is 13.9 Å². The Balaban J connectivity index is 2.20. The van der Waals surface area contributed by atoms with Gasteiger partial charge in [0.2, 0.25) is 0 Å². The van der Waals surface area contributed by atoms with Crippen LogP contribution in [-0.4, -0.2) is 56.3 Å². The number of rotatable bonds is 2. The van der Waals surface area contributed by atoms with Crippen LogP contribution in [0.5, 0.6) is 0 Å². The van der Waals surface area contributed by atoms with Crippen LogP contribution in [0.3, 0.4) is 0 Å². The standard InChI is InChI=1S/C10H21N3O2S/c1-12(2)16(14,15)13-8-7-11-9-5-3-4-6-10(9)13/h9-11H,3-8H2,1-2H3. The molecule has 0 aromatic rings. The molecule has 6 heteroatoms. The molecule has 1 aliphatic heterocycles. The molecule has 2 rings (SSSR count). The van der Waals surface area contributed by atoms with Crippen LogP contribution in [0.15, 0.2) is 0 Å². The smallest absolute Gasteiger partial charge is 0.281 e. The highest BCUT2D eigenvalue weighted by Crippen LogP contribution is 2.27. The average molecular weight is 247 g/mol. The molecular weight excluding hydrogens is 226 g/mol. The monoisotopic (exact) mass is 247 g/mol. The summed E-state index contributed by atoms with van der Waals surface area (Å²) in [6.07, 6.45) is 4.45. The van der Waals surface area contributed by atoms with Gasteiger partial charge in [0.05, 0.1) is 0 Å². The molecule has 2 fully saturated rings. The maximum Gasteiger partial charge on any atom is 0.281 e. The van der Waals surface area contributed by atoms with Gasteiger partial charge in [0.1, 0.15) is 0 Å². The molecule has 2 atom stereocenters. The number of hydrogen-bond donors (Lipinski definition) is 1. The van der Waals surface area contributed by atoms with Gasteiger partial charge in [0, 0.05) is 39.3 Å². The second-order valence-corrected chi connectivity index (χ2v) is 6.91. The highest BCUT2D eigenvalue weighted by Gasteiger charge is 2.39. The van der Waals surface area contributed by atoms with E-state index in [0.29, 0.717) is 12.6 Å². The number of nitrogens with zero attached hydrogens (tertiary/aromatic N) is 2. The van der Waals surface area contributed by atoms with E-state index < -0.39 is 10.2 Å². The highest BCUT2D eigenvalue weighted by atomic mass is 32.2. The summed E-state index contributed by atoms with van der Waals surface area (Å²) in [5.41, 5.74) is 0. The van der Waals surface area contributed by atoms with E-state index in [1.165, 1.54) is 10.7 Å². The summed E-state index contributed by atoms with van der Waals surface area (Å²) in [5, 5.41) is 3.44. The second kappa shape index (κ2) is 4.60. The van der Waals surface area contributed by atoms with Gasteiger partial charge in [-0.25, -0.2) is 0 Å². The van der Waals surface area contributed by atoms with Crippen LogP contribution in [0.25, 0.3) is 0 Å². The summed E-state index contributed by atoms with van der Waals surface area (Å²) in [7, 11) is -0.0310. The first-order chi connectivity index (χ1) is 7.53. The average Bonchev–Trinajstić information content (AvgIpc) is 2.28. The van der Waals surface area contributed by atoms with E-state index in [4.69, 9.17) is 0 Å². The van der Waals surface area contributed by atoms with E-state index in [2.05, 4.69) is 5.32 Å². The Bertz CT molecular complexity index is 340. The van der Waals surface area contributed by atoms with Gasteiger partial charge in [-0.05, 0) is 12.8 Å². The fraction of sp³-hybridized carbons (Fsp3) is 1.00. The number of piperazine rings is 1. The molecule has 0 radical (unpaired) electrons. The molecular formula is C10H21N3O2S. The maximum absolute atomic E-state index is 12.2. The first-order valence-electron chi connectivity index (χ1n) is 5.96. The molecule has 1 heterocycles. The van der Waals surface area contributed by atoms with Gasteiger partial charge in [-0.15, -0.1) is 0 Å². The van der Waals surface area contributed by atoms with Crippen molar-refractivity contribution in [1.29, 1.82) is 0 Å². The lowest BCUT2D eigenvalue weighted by atomic mass is 9.89. The number of hydrogen-bond acceptors (Lipinski definition) is 3. The van der Waals surface area contributed by atoms with Crippen LogP contribution >= 0.6 is 0 Å². The molecule has 1 saturated carbocycles. The summed E-state index contributed by atoms with van der Waals surface area (Å²) in [6, 6.07) is 0.520. The Hall–Kier alpha value is -0.170. The van der Waals surface area contributed by atoms with Crippen molar-refractivity contribution in [2.75, 3.05) is 27.2 Å². The second-order valence-electron chi connectivity index (χ2n) is 4.81. The van der Waals surface area contributed by atoms with Crippen LogP contribution in [0.2, 0.25) is 0 Å². The Morgan fingerprint density at radius 2 is 1.94 bits per heavy atom. The molecule has 94 valence electrons. The highest BCUT2D eigenvalue weighted by molar-refractivity contribution is 7.86. The van der Waals surface area contributed by atoms with Gasteiger partial charge in [-0.3, -0.25) is 0 Å². The van der Waals surface area contributed by atoms with E-state index in [0.717, 1.165) is 25.8 Å². The maximum atomic E-state index is 12.2. The summed E-state index contributed by atoms with van der Waals surface area (Å²) < 4.78 is 27.3. The Kier molecular flexibility index (Phi) is 3.53. The molecule has 2 unspecified atom stereocenters. The minimum atomic E-state index is -3.24. The van der Waals surface area contributed by atoms with Crippen molar-refractivity contribution in [3.05, 3.63) is 0 Å². The Morgan fingerprint density at radius 3 is 2.62 bits per heavy atom.